The Bertz CT molecular complexity index is 470. The second kappa shape index (κ2) is 11.3. The molecule has 3 rings (SSSR count). The van der Waals surface area contributed by atoms with Crippen molar-refractivity contribution in [3.05, 3.63) is 0 Å². The minimum atomic E-state index is 0. The SMILES string of the molecule is CCNC(=NCCCN1CCCC1=O)N1CCC(N2CCOCC2)C1.I. The van der Waals surface area contributed by atoms with Gasteiger partial charge in [-0.2, -0.15) is 0 Å². The van der Waals surface area contributed by atoms with Crippen molar-refractivity contribution >= 4 is 35.8 Å². The van der Waals surface area contributed by atoms with Crippen molar-refractivity contribution in [2.75, 3.05) is 65.6 Å². The van der Waals surface area contributed by atoms with Gasteiger partial charge < -0.3 is 19.9 Å². The Morgan fingerprint density at radius 2 is 2.08 bits per heavy atom. The molecule has 1 N–H and O–H groups in total. The molecule has 150 valence electrons. The highest BCUT2D eigenvalue weighted by Gasteiger charge is 2.30. The van der Waals surface area contributed by atoms with Gasteiger partial charge in [-0.3, -0.25) is 14.7 Å². The topological polar surface area (TPSA) is 60.4 Å². The van der Waals surface area contributed by atoms with Gasteiger partial charge in [0, 0.05) is 64.8 Å². The first kappa shape index (κ1) is 21.7. The average molecular weight is 479 g/mol. The zero-order valence-electron chi connectivity index (χ0n) is 16.0. The molecule has 0 spiro atoms. The minimum absolute atomic E-state index is 0. The van der Waals surface area contributed by atoms with Crippen molar-refractivity contribution in [3.63, 3.8) is 0 Å². The Labute approximate surface area is 174 Å². The van der Waals surface area contributed by atoms with Gasteiger partial charge in [-0.05, 0) is 26.2 Å². The van der Waals surface area contributed by atoms with Crippen molar-refractivity contribution in [1.29, 1.82) is 0 Å². The van der Waals surface area contributed by atoms with Crippen LogP contribution < -0.4 is 5.32 Å². The van der Waals surface area contributed by atoms with Crippen LogP contribution in [-0.4, -0.2) is 98.2 Å². The van der Waals surface area contributed by atoms with Crippen molar-refractivity contribution in [3.8, 4) is 0 Å². The number of aliphatic imine (C=N–C) groups is 1. The smallest absolute Gasteiger partial charge is 0.222 e. The van der Waals surface area contributed by atoms with Crippen molar-refractivity contribution in [2.24, 2.45) is 4.99 Å². The predicted molar refractivity (Wildman–Crippen MR) is 114 cm³/mol. The molecule has 0 aromatic heterocycles. The molecule has 0 saturated carbocycles. The molecule has 3 heterocycles. The number of guanidine groups is 1. The van der Waals surface area contributed by atoms with Gasteiger partial charge in [-0.15, -0.1) is 24.0 Å². The predicted octanol–water partition coefficient (Wildman–Crippen LogP) is 0.989. The number of carbonyl (C=O) groups is 1. The van der Waals surface area contributed by atoms with Gasteiger partial charge >= 0.3 is 0 Å². The van der Waals surface area contributed by atoms with E-state index in [0.29, 0.717) is 11.9 Å². The summed E-state index contributed by atoms with van der Waals surface area (Å²) in [6.07, 6.45) is 3.89. The van der Waals surface area contributed by atoms with Gasteiger partial charge in [-0.1, -0.05) is 0 Å². The molecule has 1 unspecified atom stereocenters. The number of halogens is 1. The van der Waals surface area contributed by atoms with Crippen LogP contribution in [0.4, 0.5) is 0 Å². The highest BCUT2D eigenvalue weighted by Crippen LogP contribution is 2.17. The molecule has 3 fully saturated rings. The summed E-state index contributed by atoms with van der Waals surface area (Å²) in [5.41, 5.74) is 0. The molecule has 1 atom stereocenters. The molecule has 1 amide bonds. The highest BCUT2D eigenvalue weighted by atomic mass is 127. The Kier molecular flexibility index (Phi) is 9.41. The number of rotatable bonds is 6. The van der Waals surface area contributed by atoms with Crippen LogP contribution in [0, 0.1) is 0 Å². The number of nitrogens with zero attached hydrogens (tertiary/aromatic N) is 4. The van der Waals surface area contributed by atoms with Crippen LogP contribution in [0.25, 0.3) is 0 Å². The summed E-state index contributed by atoms with van der Waals surface area (Å²) in [4.78, 5) is 23.4. The number of ether oxygens (including phenoxy) is 1. The van der Waals surface area contributed by atoms with Gasteiger partial charge in [0.15, 0.2) is 5.96 Å². The summed E-state index contributed by atoms with van der Waals surface area (Å²) >= 11 is 0. The van der Waals surface area contributed by atoms with Crippen LogP contribution >= 0.6 is 24.0 Å². The van der Waals surface area contributed by atoms with Crippen LogP contribution in [0.1, 0.15) is 32.6 Å². The third-order valence-corrected chi connectivity index (χ3v) is 5.38. The fourth-order valence-electron chi connectivity index (χ4n) is 3.99. The second-order valence-electron chi connectivity index (χ2n) is 7.11. The molecule has 3 aliphatic heterocycles. The molecule has 7 nitrogen and oxygen atoms in total. The van der Waals surface area contributed by atoms with Crippen LogP contribution in [0.15, 0.2) is 4.99 Å². The van der Waals surface area contributed by atoms with Crippen molar-refractivity contribution < 1.29 is 9.53 Å². The number of morpholine rings is 1. The number of hydrogen-bond donors (Lipinski definition) is 1. The van der Waals surface area contributed by atoms with E-state index in [2.05, 4.69) is 22.0 Å². The van der Waals surface area contributed by atoms with Crippen molar-refractivity contribution in [2.45, 2.75) is 38.6 Å². The number of carbonyl (C=O) groups excluding carboxylic acids is 1. The average Bonchev–Trinajstić information content (AvgIpc) is 3.28. The van der Waals surface area contributed by atoms with E-state index in [9.17, 15) is 4.79 Å². The molecule has 8 heteroatoms. The highest BCUT2D eigenvalue weighted by molar-refractivity contribution is 14.0. The second-order valence-corrected chi connectivity index (χ2v) is 7.11. The molecule has 0 aromatic rings. The molecule has 3 saturated heterocycles. The number of hydrogen-bond acceptors (Lipinski definition) is 4. The largest absolute Gasteiger partial charge is 0.379 e. The van der Waals surface area contributed by atoms with E-state index in [1.807, 2.05) is 4.90 Å². The van der Waals surface area contributed by atoms with E-state index >= 15 is 0 Å². The third kappa shape index (κ3) is 5.95. The van der Waals surface area contributed by atoms with Crippen LogP contribution in [0.5, 0.6) is 0 Å². The van der Waals surface area contributed by atoms with E-state index < -0.39 is 0 Å². The summed E-state index contributed by atoms with van der Waals surface area (Å²) in [7, 11) is 0. The first-order valence-corrected chi connectivity index (χ1v) is 9.90. The van der Waals surface area contributed by atoms with E-state index in [1.165, 1.54) is 6.42 Å². The van der Waals surface area contributed by atoms with Crippen LogP contribution in [-0.2, 0) is 9.53 Å². The summed E-state index contributed by atoms with van der Waals surface area (Å²) < 4.78 is 5.47. The van der Waals surface area contributed by atoms with Gasteiger partial charge in [0.25, 0.3) is 0 Å². The maximum absolute atomic E-state index is 11.7. The molecule has 0 aromatic carbocycles. The van der Waals surface area contributed by atoms with Crippen LogP contribution in [0.3, 0.4) is 0 Å². The van der Waals surface area contributed by atoms with Crippen LogP contribution in [0.2, 0.25) is 0 Å². The minimum Gasteiger partial charge on any atom is -0.379 e. The fraction of sp³-hybridized carbons (Fsp3) is 0.889. The number of likely N-dealkylation sites (tertiary alicyclic amines) is 2. The van der Waals surface area contributed by atoms with Gasteiger partial charge in [0.05, 0.1) is 13.2 Å². The Morgan fingerprint density at radius 3 is 2.77 bits per heavy atom. The molecule has 0 bridgehead atoms. The summed E-state index contributed by atoms with van der Waals surface area (Å²) in [5.74, 6) is 1.34. The standard InChI is InChI=1S/C18H33N5O2.HI/c1-2-19-18(20-7-4-9-22-8-3-5-17(22)24)23-10-6-16(15-23)21-11-13-25-14-12-21;/h16H,2-15H2,1H3,(H,19,20);1H. The van der Waals surface area contributed by atoms with E-state index in [-0.39, 0.29) is 24.0 Å². The van der Waals surface area contributed by atoms with Gasteiger partial charge in [0.2, 0.25) is 5.91 Å². The zero-order valence-corrected chi connectivity index (χ0v) is 18.3. The molecular weight excluding hydrogens is 445 g/mol. The summed E-state index contributed by atoms with van der Waals surface area (Å²) in [6, 6.07) is 0.620. The van der Waals surface area contributed by atoms with E-state index in [4.69, 9.17) is 9.73 Å². The fourth-order valence-corrected chi connectivity index (χ4v) is 3.99. The third-order valence-electron chi connectivity index (χ3n) is 5.38. The van der Waals surface area contributed by atoms with Gasteiger partial charge in [-0.25, -0.2) is 0 Å². The number of amides is 1. The first-order valence-electron chi connectivity index (χ1n) is 9.90. The summed E-state index contributed by atoms with van der Waals surface area (Å²) in [6.45, 7) is 11.5. The molecule has 3 aliphatic rings. The molecule has 0 radical (unpaired) electrons. The van der Waals surface area contributed by atoms with Gasteiger partial charge in [0.1, 0.15) is 0 Å². The maximum Gasteiger partial charge on any atom is 0.222 e. The molecule has 0 aliphatic carbocycles. The lowest BCUT2D eigenvalue weighted by Gasteiger charge is -2.32. The first-order chi connectivity index (χ1) is 12.3. The lowest BCUT2D eigenvalue weighted by atomic mass is 10.2. The molecule has 26 heavy (non-hydrogen) atoms. The normalized spacial score (nSPS) is 24.9. The Morgan fingerprint density at radius 1 is 1.27 bits per heavy atom. The van der Waals surface area contributed by atoms with E-state index in [1.54, 1.807) is 0 Å². The summed E-state index contributed by atoms with van der Waals surface area (Å²) in [5, 5.41) is 3.44. The lowest BCUT2D eigenvalue weighted by molar-refractivity contribution is -0.127. The van der Waals surface area contributed by atoms with Crippen molar-refractivity contribution in [1.82, 2.24) is 20.0 Å². The number of nitrogens with one attached hydrogen (secondary N) is 1. The van der Waals surface area contributed by atoms with E-state index in [0.717, 1.165) is 90.8 Å². The quantitative estimate of drug-likeness (QED) is 0.267. The maximum atomic E-state index is 11.7. The lowest BCUT2D eigenvalue weighted by Crippen LogP contribution is -2.46. The Balaban J connectivity index is 0.00000243. The molecular formula is C18H34IN5O2. The Hall–Kier alpha value is -0.610. The monoisotopic (exact) mass is 479 g/mol. The zero-order chi connectivity index (χ0) is 17.5.